The van der Waals surface area contributed by atoms with Gasteiger partial charge in [-0.25, -0.2) is 0 Å². The van der Waals surface area contributed by atoms with Gasteiger partial charge in [0.1, 0.15) is 0 Å². The number of rotatable bonds is 7. The first-order valence-electron chi connectivity index (χ1n) is 5.65. The first kappa shape index (κ1) is 16.8. The van der Waals surface area contributed by atoms with Crippen molar-refractivity contribution in [3.05, 3.63) is 37.1 Å². The average molecular weight is 263 g/mol. The van der Waals surface area contributed by atoms with E-state index in [2.05, 4.69) is 13.2 Å². The van der Waals surface area contributed by atoms with Crippen molar-refractivity contribution in [1.29, 1.82) is 0 Å². The topological polar surface area (TPSA) is 23.5 Å². The second-order valence-electron chi connectivity index (χ2n) is 4.06. The van der Waals surface area contributed by atoms with Crippen LogP contribution in [0.2, 0.25) is 0 Å². The SMILES string of the molecule is C=CC/C=C(/C)N(CC(O)C(F)(F)F)C(C)C=C. The van der Waals surface area contributed by atoms with Gasteiger partial charge >= 0.3 is 6.18 Å². The molecule has 104 valence electrons. The molecule has 0 saturated heterocycles. The minimum atomic E-state index is -4.61. The van der Waals surface area contributed by atoms with Crippen LogP contribution in [0.15, 0.2) is 37.1 Å². The van der Waals surface area contributed by atoms with Crippen LogP contribution in [-0.4, -0.2) is 34.9 Å². The summed E-state index contributed by atoms with van der Waals surface area (Å²) < 4.78 is 37.1. The fourth-order valence-electron chi connectivity index (χ4n) is 1.42. The van der Waals surface area contributed by atoms with Crippen LogP contribution in [0.1, 0.15) is 20.3 Å². The molecule has 0 radical (unpaired) electrons. The Morgan fingerprint density at radius 1 is 1.39 bits per heavy atom. The molecule has 0 spiro atoms. The van der Waals surface area contributed by atoms with Crippen LogP contribution in [0.25, 0.3) is 0 Å². The third-order valence-corrected chi connectivity index (χ3v) is 2.61. The van der Waals surface area contributed by atoms with Crippen LogP contribution >= 0.6 is 0 Å². The van der Waals surface area contributed by atoms with Crippen molar-refractivity contribution in [2.75, 3.05) is 6.54 Å². The summed E-state index contributed by atoms with van der Waals surface area (Å²) in [6, 6.07) is -0.289. The smallest absolute Gasteiger partial charge is 0.382 e. The van der Waals surface area contributed by atoms with Gasteiger partial charge in [0.25, 0.3) is 0 Å². The van der Waals surface area contributed by atoms with E-state index in [0.29, 0.717) is 12.1 Å². The number of alkyl halides is 3. The van der Waals surface area contributed by atoms with Crippen LogP contribution in [0.5, 0.6) is 0 Å². The number of halogens is 3. The van der Waals surface area contributed by atoms with Crippen molar-refractivity contribution in [1.82, 2.24) is 4.90 Å². The summed E-state index contributed by atoms with van der Waals surface area (Å²) in [6.07, 6.45) is -1.47. The molecule has 0 aliphatic heterocycles. The van der Waals surface area contributed by atoms with Gasteiger partial charge < -0.3 is 10.0 Å². The lowest BCUT2D eigenvalue weighted by atomic mass is 10.2. The van der Waals surface area contributed by atoms with Gasteiger partial charge in [-0.15, -0.1) is 13.2 Å². The standard InChI is InChI=1S/C13H20F3NO/c1-5-7-8-11(4)17(10(3)6-2)9-12(18)13(14,15)16/h5-6,8,10,12,18H,1-2,7,9H2,3-4H3/b11-8-. The zero-order valence-corrected chi connectivity index (χ0v) is 10.7. The van der Waals surface area contributed by atoms with E-state index in [0.717, 1.165) is 0 Å². The third-order valence-electron chi connectivity index (χ3n) is 2.61. The summed E-state index contributed by atoms with van der Waals surface area (Å²) >= 11 is 0. The van der Waals surface area contributed by atoms with Gasteiger partial charge in [0.05, 0.1) is 6.54 Å². The molecule has 1 N–H and O–H groups in total. The van der Waals surface area contributed by atoms with E-state index in [1.165, 1.54) is 11.0 Å². The maximum Gasteiger partial charge on any atom is 0.416 e. The highest BCUT2D eigenvalue weighted by Gasteiger charge is 2.39. The van der Waals surface area contributed by atoms with Crippen LogP contribution < -0.4 is 0 Å². The maximum absolute atomic E-state index is 12.4. The molecular formula is C13H20F3NO. The summed E-state index contributed by atoms with van der Waals surface area (Å²) in [5.41, 5.74) is 0.658. The molecule has 0 rings (SSSR count). The van der Waals surface area contributed by atoms with E-state index in [-0.39, 0.29) is 6.04 Å². The van der Waals surface area contributed by atoms with E-state index in [9.17, 15) is 13.2 Å². The Balaban J connectivity index is 4.90. The fraction of sp³-hybridized carbons (Fsp3) is 0.538. The Kier molecular flexibility index (Phi) is 6.76. The van der Waals surface area contributed by atoms with Crippen LogP contribution in [0.3, 0.4) is 0 Å². The molecule has 0 fully saturated rings. The molecule has 2 atom stereocenters. The van der Waals surface area contributed by atoms with Gasteiger partial charge in [-0.3, -0.25) is 0 Å². The molecule has 0 saturated carbocycles. The quantitative estimate of drug-likeness (QED) is 0.713. The summed E-state index contributed by atoms with van der Waals surface area (Å²) in [7, 11) is 0. The number of nitrogens with zero attached hydrogens (tertiary/aromatic N) is 1. The molecular weight excluding hydrogens is 243 g/mol. The molecule has 0 aromatic rings. The zero-order chi connectivity index (χ0) is 14.3. The molecule has 0 aliphatic rings. The van der Waals surface area contributed by atoms with Gasteiger partial charge in [0, 0.05) is 11.7 Å². The highest BCUT2D eigenvalue weighted by molar-refractivity contribution is 5.05. The molecule has 2 nitrogen and oxygen atoms in total. The molecule has 0 aliphatic carbocycles. The van der Waals surface area contributed by atoms with Crippen molar-refractivity contribution in [3.63, 3.8) is 0 Å². The molecule has 2 unspecified atom stereocenters. The lowest BCUT2D eigenvalue weighted by molar-refractivity contribution is -0.207. The van der Waals surface area contributed by atoms with Crippen molar-refractivity contribution >= 4 is 0 Å². The summed E-state index contributed by atoms with van der Waals surface area (Å²) in [5, 5.41) is 9.13. The van der Waals surface area contributed by atoms with Gasteiger partial charge in [-0.1, -0.05) is 18.2 Å². The minimum absolute atomic E-state index is 0.289. The number of hydrogen-bond acceptors (Lipinski definition) is 2. The maximum atomic E-state index is 12.4. The second kappa shape index (κ2) is 7.26. The van der Waals surface area contributed by atoms with Gasteiger partial charge in [-0.2, -0.15) is 13.2 Å². The lowest BCUT2D eigenvalue weighted by Crippen LogP contribution is -2.43. The monoisotopic (exact) mass is 263 g/mol. The Hall–Kier alpha value is -1.23. The fourth-order valence-corrected chi connectivity index (χ4v) is 1.42. The minimum Gasteiger partial charge on any atom is -0.382 e. The van der Waals surface area contributed by atoms with E-state index < -0.39 is 18.8 Å². The average Bonchev–Trinajstić information content (AvgIpc) is 2.30. The van der Waals surface area contributed by atoms with Gasteiger partial charge in [-0.05, 0) is 20.3 Å². The molecule has 18 heavy (non-hydrogen) atoms. The highest BCUT2D eigenvalue weighted by Crippen LogP contribution is 2.23. The van der Waals surface area contributed by atoms with Crippen LogP contribution in [0.4, 0.5) is 13.2 Å². The lowest BCUT2D eigenvalue weighted by Gasteiger charge is -2.32. The zero-order valence-electron chi connectivity index (χ0n) is 10.7. The first-order chi connectivity index (χ1) is 8.23. The Bertz CT molecular complexity index is 310. The molecule has 0 heterocycles. The van der Waals surface area contributed by atoms with Crippen LogP contribution in [0, 0.1) is 0 Å². The summed E-state index contributed by atoms with van der Waals surface area (Å²) in [4.78, 5) is 1.47. The van der Waals surface area contributed by atoms with Gasteiger partial charge in [0.15, 0.2) is 6.10 Å². The van der Waals surface area contributed by atoms with Crippen molar-refractivity contribution in [2.45, 2.75) is 38.6 Å². The molecule has 0 amide bonds. The predicted octanol–water partition coefficient (Wildman–Crippen LogP) is 3.27. The molecule has 5 heteroatoms. The summed E-state index contributed by atoms with van der Waals surface area (Å²) in [6.45, 7) is 10.0. The molecule has 0 aromatic heterocycles. The number of hydrogen-bond donors (Lipinski definition) is 1. The van der Waals surface area contributed by atoms with Crippen molar-refractivity contribution < 1.29 is 18.3 Å². The van der Waals surface area contributed by atoms with E-state index in [1.807, 2.05) is 0 Å². The number of aliphatic hydroxyl groups is 1. The molecule has 0 bridgehead atoms. The number of allylic oxidation sites excluding steroid dienone is 3. The van der Waals surface area contributed by atoms with E-state index >= 15 is 0 Å². The predicted molar refractivity (Wildman–Crippen MR) is 67.0 cm³/mol. The number of aliphatic hydroxyl groups excluding tert-OH is 1. The Morgan fingerprint density at radius 3 is 2.33 bits per heavy atom. The highest BCUT2D eigenvalue weighted by atomic mass is 19.4. The van der Waals surface area contributed by atoms with Crippen LogP contribution in [-0.2, 0) is 0 Å². The normalized spacial score (nSPS) is 16.0. The van der Waals surface area contributed by atoms with Gasteiger partial charge in [0.2, 0.25) is 0 Å². The Labute approximate surface area is 106 Å². The van der Waals surface area contributed by atoms with E-state index in [4.69, 9.17) is 5.11 Å². The summed E-state index contributed by atoms with van der Waals surface area (Å²) in [5.74, 6) is 0. The largest absolute Gasteiger partial charge is 0.416 e. The van der Waals surface area contributed by atoms with E-state index in [1.54, 1.807) is 26.0 Å². The second-order valence-corrected chi connectivity index (χ2v) is 4.06. The third kappa shape index (κ3) is 5.40. The van der Waals surface area contributed by atoms with Crippen molar-refractivity contribution in [2.24, 2.45) is 0 Å². The first-order valence-corrected chi connectivity index (χ1v) is 5.65. The molecule has 0 aromatic carbocycles. The Morgan fingerprint density at radius 2 is 1.94 bits per heavy atom. The van der Waals surface area contributed by atoms with Crippen molar-refractivity contribution in [3.8, 4) is 0 Å².